The van der Waals surface area contributed by atoms with E-state index >= 15 is 0 Å². The van der Waals surface area contributed by atoms with Crippen molar-refractivity contribution < 1.29 is 35.3 Å². The van der Waals surface area contributed by atoms with Gasteiger partial charge >= 0.3 is 6.18 Å². The first-order valence-electron chi connectivity index (χ1n) is 8.18. The van der Waals surface area contributed by atoms with Gasteiger partial charge in [-0.2, -0.15) is 21.6 Å². The molecule has 0 atom stereocenters. The minimum absolute atomic E-state index is 0.00676. The highest BCUT2D eigenvalue weighted by atomic mass is 32.2. The lowest BCUT2D eigenvalue weighted by atomic mass is 10.1. The molecule has 0 aromatic heterocycles. The third-order valence-corrected chi connectivity index (χ3v) is 4.70. The Morgan fingerprint density at radius 1 is 1.14 bits per heavy atom. The molecule has 2 N–H and O–H groups in total. The highest BCUT2D eigenvalue weighted by Gasteiger charge is 2.31. The van der Waals surface area contributed by atoms with Gasteiger partial charge in [0.2, 0.25) is 0 Å². The van der Waals surface area contributed by atoms with Crippen molar-refractivity contribution >= 4 is 10.1 Å². The number of benzene rings is 2. The molecule has 0 unspecified atom stereocenters. The Bertz CT molecular complexity index is 895. The monoisotopic (exact) mass is 421 g/mol. The molecule has 3 rings (SSSR count). The minimum Gasteiger partial charge on any atom is -0.371 e. The van der Waals surface area contributed by atoms with Gasteiger partial charge in [-0.25, -0.2) is 4.39 Å². The summed E-state index contributed by atoms with van der Waals surface area (Å²) < 4.78 is 85.1. The Labute approximate surface area is 160 Å². The van der Waals surface area contributed by atoms with E-state index < -0.39 is 27.7 Å². The molecular formula is C18H19F4NO4S. The maximum atomic E-state index is 13.0. The van der Waals surface area contributed by atoms with Gasteiger partial charge in [0.15, 0.2) is 0 Å². The predicted octanol–water partition coefficient (Wildman–Crippen LogP) is 3.57. The highest BCUT2D eigenvalue weighted by molar-refractivity contribution is 7.85. The molecule has 0 spiro atoms. The minimum atomic E-state index is -4.53. The van der Waals surface area contributed by atoms with Crippen molar-refractivity contribution in [2.24, 2.45) is 0 Å². The van der Waals surface area contributed by atoms with Crippen molar-refractivity contribution in [3.05, 3.63) is 65.0 Å². The van der Waals surface area contributed by atoms with Gasteiger partial charge in [-0.05, 0) is 42.8 Å². The molecule has 1 heterocycles. The molecule has 1 saturated heterocycles. The first kappa shape index (κ1) is 22.3. The molecule has 0 aliphatic carbocycles. The van der Waals surface area contributed by atoms with Crippen LogP contribution in [0.5, 0.6) is 0 Å². The van der Waals surface area contributed by atoms with E-state index in [0.717, 1.165) is 17.7 Å². The van der Waals surface area contributed by atoms with Crippen molar-refractivity contribution in [2.75, 3.05) is 13.1 Å². The van der Waals surface area contributed by atoms with Gasteiger partial charge in [0.1, 0.15) is 5.82 Å². The van der Waals surface area contributed by atoms with E-state index in [-0.39, 0.29) is 23.2 Å². The number of halogens is 4. The Balaban J connectivity index is 0.000000221. The molecule has 1 aliphatic rings. The van der Waals surface area contributed by atoms with Gasteiger partial charge in [-0.1, -0.05) is 17.7 Å². The van der Waals surface area contributed by atoms with Gasteiger partial charge in [0.25, 0.3) is 10.1 Å². The first-order chi connectivity index (χ1) is 12.9. The summed E-state index contributed by atoms with van der Waals surface area (Å²) in [5.41, 5.74) is 0.171. The average Bonchev–Trinajstić information content (AvgIpc) is 2.52. The molecule has 28 heavy (non-hydrogen) atoms. The number of rotatable bonds is 4. The Morgan fingerprint density at radius 3 is 2.21 bits per heavy atom. The van der Waals surface area contributed by atoms with Gasteiger partial charge in [-0.15, -0.1) is 0 Å². The second-order valence-electron chi connectivity index (χ2n) is 6.23. The fourth-order valence-corrected chi connectivity index (χ4v) is 2.68. The topological polar surface area (TPSA) is 75.6 Å². The number of nitrogens with one attached hydrogen (secondary N) is 1. The number of ether oxygens (including phenoxy) is 1. The summed E-state index contributed by atoms with van der Waals surface area (Å²) in [4.78, 5) is -0.0666. The Hall–Kier alpha value is -2.01. The molecule has 10 heteroatoms. The molecular weight excluding hydrogens is 402 g/mol. The zero-order chi connectivity index (χ0) is 20.9. The zero-order valence-corrected chi connectivity index (χ0v) is 15.6. The van der Waals surface area contributed by atoms with E-state index in [1.54, 1.807) is 12.1 Å². The molecule has 1 fully saturated rings. The highest BCUT2D eigenvalue weighted by Crippen LogP contribution is 2.30. The van der Waals surface area contributed by atoms with Crippen molar-refractivity contribution in [3.8, 4) is 0 Å². The van der Waals surface area contributed by atoms with E-state index in [1.807, 2.05) is 6.92 Å². The van der Waals surface area contributed by atoms with Crippen molar-refractivity contribution in [3.63, 3.8) is 0 Å². The first-order valence-corrected chi connectivity index (χ1v) is 9.62. The van der Waals surface area contributed by atoms with Crippen LogP contribution in [0.1, 0.15) is 16.7 Å². The molecule has 0 radical (unpaired) electrons. The second-order valence-corrected chi connectivity index (χ2v) is 7.65. The van der Waals surface area contributed by atoms with E-state index in [4.69, 9.17) is 9.29 Å². The molecule has 5 nitrogen and oxygen atoms in total. The smallest absolute Gasteiger partial charge is 0.371 e. The Morgan fingerprint density at radius 2 is 1.75 bits per heavy atom. The number of alkyl halides is 3. The van der Waals surface area contributed by atoms with E-state index in [0.29, 0.717) is 19.2 Å². The third kappa shape index (κ3) is 6.86. The molecule has 154 valence electrons. The van der Waals surface area contributed by atoms with Crippen LogP contribution < -0.4 is 5.32 Å². The predicted molar refractivity (Wildman–Crippen MR) is 93.8 cm³/mol. The van der Waals surface area contributed by atoms with Crippen LogP contribution in [-0.2, 0) is 27.6 Å². The van der Waals surface area contributed by atoms with E-state index in [9.17, 15) is 26.0 Å². The molecule has 2 aromatic rings. The zero-order valence-electron chi connectivity index (χ0n) is 14.8. The fourth-order valence-electron chi connectivity index (χ4n) is 2.20. The van der Waals surface area contributed by atoms with Gasteiger partial charge in [0.05, 0.1) is 23.2 Å². The van der Waals surface area contributed by atoms with Crippen molar-refractivity contribution in [1.82, 2.24) is 5.32 Å². The van der Waals surface area contributed by atoms with Gasteiger partial charge < -0.3 is 10.1 Å². The van der Waals surface area contributed by atoms with Gasteiger partial charge in [0, 0.05) is 13.1 Å². The largest absolute Gasteiger partial charge is 0.416 e. The second kappa shape index (κ2) is 8.99. The number of aryl methyl sites for hydroxylation is 1. The van der Waals surface area contributed by atoms with Crippen LogP contribution in [0, 0.1) is 12.7 Å². The summed E-state index contributed by atoms with van der Waals surface area (Å²) in [6.45, 7) is 3.20. The Kier molecular flexibility index (Phi) is 7.16. The molecule has 2 aromatic carbocycles. The quantitative estimate of drug-likeness (QED) is 0.583. The van der Waals surface area contributed by atoms with Crippen LogP contribution in [0.25, 0.3) is 0 Å². The van der Waals surface area contributed by atoms with Crippen molar-refractivity contribution in [2.45, 2.75) is 30.7 Å². The normalized spacial score (nSPS) is 14.8. The van der Waals surface area contributed by atoms with Crippen LogP contribution in [-0.4, -0.2) is 32.2 Å². The van der Waals surface area contributed by atoms with E-state index in [2.05, 4.69) is 5.32 Å². The lowest BCUT2D eigenvalue weighted by molar-refractivity contribution is -0.137. The van der Waals surface area contributed by atoms with Gasteiger partial charge in [-0.3, -0.25) is 4.55 Å². The van der Waals surface area contributed by atoms with Crippen LogP contribution >= 0.6 is 0 Å². The van der Waals surface area contributed by atoms with Crippen LogP contribution in [0.3, 0.4) is 0 Å². The molecule has 1 aliphatic heterocycles. The van der Waals surface area contributed by atoms with Crippen molar-refractivity contribution in [1.29, 1.82) is 0 Å². The lowest BCUT2D eigenvalue weighted by Gasteiger charge is -2.27. The van der Waals surface area contributed by atoms with Crippen LogP contribution in [0.15, 0.2) is 47.4 Å². The number of hydrogen-bond acceptors (Lipinski definition) is 4. The summed E-state index contributed by atoms with van der Waals surface area (Å²) in [5.74, 6) is -0.898. The summed E-state index contributed by atoms with van der Waals surface area (Å²) in [6, 6.07) is 8.44. The molecule has 0 bridgehead atoms. The average molecular weight is 421 g/mol. The van der Waals surface area contributed by atoms with Crippen LogP contribution in [0.4, 0.5) is 17.6 Å². The third-order valence-electron chi connectivity index (χ3n) is 3.83. The maximum Gasteiger partial charge on any atom is 0.416 e. The van der Waals surface area contributed by atoms with Crippen LogP contribution in [0.2, 0.25) is 0 Å². The summed E-state index contributed by atoms with van der Waals surface area (Å²) in [6.07, 6.45) is -4.53. The summed E-state index contributed by atoms with van der Waals surface area (Å²) >= 11 is 0. The summed E-state index contributed by atoms with van der Waals surface area (Å²) in [7, 11) is -4.02. The summed E-state index contributed by atoms with van der Waals surface area (Å²) in [5, 5.41) is 2.97. The number of hydrogen-bond donors (Lipinski definition) is 2. The van der Waals surface area contributed by atoms with E-state index in [1.165, 1.54) is 12.1 Å². The maximum absolute atomic E-state index is 13.0. The SMILES string of the molecule is Cc1ccc(S(=O)(=O)O)cc1.Fc1cc(COC2CNC2)cc(C(F)(F)F)c1. The molecule has 0 saturated carbocycles. The fraction of sp³-hybridized carbons (Fsp3) is 0.333. The molecule has 0 amide bonds. The standard InChI is InChI=1S/C11H11F4NO.C7H8O3S/c12-9-2-7(6-17-10-4-16-5-10)1-8(3-9)11(13,14)15;1-6-2-4-7(5-3-6)11(8,9)10/h1-3,10,16H,4-6H2;2-5H,1H3,(H,8,9,10). The lowest BCUT2D eigenvalue weighted by Crippen LogP contribution is -2.48.